The van der Waals surface area contributed by atoms with Crippen molar-refractivity contribution in [3.63, 3.8) is 0 Å². The average Bonchev–Trinajstić information content (AvgIpc) is 3.09. The summed E-state index contributed by atoms with van der Waals surface area (Å²) in [5, 5.41) is 0. The van der Waals surface area contributed by atoms with Crippen molar-refractivity contribution in [2.24, 2.45) is 11.8 Å². The molecule has 0 radical (unpaired) electrons. The lowest BCUT2D eigenvalue weighted by molar-refractivity contribution is 0.118. The fourth-order valence-electron chi connectivity index (χ4n) is 4.76. The number of cyclic esters (lactones) is 1. The quantitative estimate of drug-likeness (QED) is 0.593. The zero-order valence-corrected chi connectivity index (χ0v) is 16.8. The van der Waals surface area contributed by atoms with Crippen LogP contribution in [0.25, 0.3) is 11.1 Å². The number of nitrogens with zero attached hydrogens (tertiary/aromatic N) is 1. The molecule has 2 fully saturated rings. The van der Waals surface area contributed by atoms with Crippen LogP contribution in [0, 0.1) is 11.8 Å². The molecule has 1 saturated heterocycles. The molecule has 0 bridgehead atoms. The van der Waals surface area contributed by atoms with E-state index in [2.05, 4.69) is 56.8 Å². The van der Waals surface area contributed by atoms with Gasteiger partial charge in [-0.3, -0.25) is 0 Å². The molecule has 4 atom stereocenters. The van der Waals surface area contributed by atoms with Gasteiger partial charge in [0, 0.05) is 6.04 Å². The topological polar surface area (TPSA) is 29.5 Å². The van der Waals surface area contributed by atoms with Crippen LogP contribution in [-0.4, -0.2) is 23.6 Å². The number of rotatable bonds is 4. The van der Waals surface area contributed by atoms with E-state index in [9.17, 15) is 4.79 Å². The Bertz CT molecular complexity index is 843. The summed E-state index contributed by atoms with van der Waals surface area (Å²) in [4.78, 5) is 14.5. The zero-order valence-electron chi connectivity index (χ0n) is 16.8. The number of hydrogen-bond donors (Lipinski definition) is 0. The SMILES string of the molecule is C=C1CC(C)CC(C(C)N2CC(c3ccc(-c4ccccc4)cc3)OC2=O)C1. The van der Waals surface area contributed by atoms with Gasteiger partial charge in [0.25, 0.3) is 0 Å². The predicted octanol–water partition coefficient (Wildman–Crippen LogP) is 6.23. The van der Waals surface area contributed by atoms with Gasteiger partial charge in [0.1, 0.15) is 6.10 Å². The first-order chi connectivity index (χ1) is 13.5. The number of hydrogen-bond acceptors (Lipinski definition) is 2. The highest BCUT2D eigenvalue weighted by Crippen LogP contribution is 2.38. The third-order valence-corrected chi connectivity index (χ3v) is 6.30. The highest BCUT2D eigenvalue weighted by molar-refractivity contribution is 5.71. The minimum atomic E-state index is -0.191. The van der Waals surface area contributed by atoms with Crippen LogP contribution in [-0.2, 0) is 4.74 Å². The Labute approximate surface area is 168 Å². The molecule has 0 N–H and O–H groups in total. The van der Waals surface area contributed by atoms with Gasteiger partial charge in [0.15, 0.2) is 0 Å². The Morgan fingerprint density at radius 3 is 2.39 bits per heavy atom. The smallest absolute Gasteiger partial charge is 0.410 e. The molecule has 4 unspecified atom stereocenters. The summed E-state index contributed by atoms with van der Waals surface area (Å²) in [5.74, 6) is 1.12. The number of carbonyl (C=O) groups excluding carboxylic acids is 1. The summed E-state index contributed by atoms with van der Waals surface area (Å²) in [6, 6.07) is 18.9. The first kappa shape index (κ1) is 18.8. The molecule has 0 spiro atoms. The third-order valence-electron chi connectivity index (χ3n) is 6.30. The van der Waals surface area contributed by atoms with Gasteiger partial charge in [-0.05, 0) is 54.7 Å². The summed E-state index contributed by atoms with van der Waals surface area (Å²) in [5.41, 5.74) is 4.74. The predicted molar refractivity (Wildman–Crippen MR) is 113 cm³/mol. The van der Waals surface area contributed by atoms with Gasteiger partial charge in [0.2, 0.25) is 0 Å². The van der Waals surface area contributed by atoms with Crippen molar-refractivity contribution in [2.75, 3.05) is 6.54 Å². The Morgan fingerprint density at radius 1 is 1.04 bits per heavy atom. The second-order valence-corrected chi connectivity index (χ2v) is 8.51. The molecule has 1 saturated carbocycles. The van der Waals surface area contributed by atoms with Crippen LogP contribution in [0.2, 0.25) is 0 Å². The van der Waals surface area contributed by atoms with Crippen LogP contribution in [0.15, 0.2) is 66.7 Å². The second-order valence-electron chi connectivity index (χ2n) is 8.51. The lowest BCUT2D eigenvalue weighted by Gasteiger charge is -2.36. The third kappa shape index (κ3) is 3.84. The van der Waals surface area contributed by atoms with Crippen LogP contribution >= 0.6 is 0 Å². The molecule has 0 aromatic heterocycles. The van der Waals surface area contributed by atoms with E-state index in [-0.39, 0.29) is 18.2 Å². The maximum atomic E-state index is 12.6. The zero-order chi connectivity index (χ0) is 19.7. The number of amides is 1. The molecule has 1 heterocycles. The van der Waals surface area contributed by atoms with E-state index in [4.69, 9.17) is 4.74 Å². The molecule has 2 aromatic rings. The van der Waals surface area contributed by atoms with Gasteiger partial charge in [-0.25, -0.2) is 4.79 Å². The second kappa shape index (κ2) is 7.83. The number of ether oxygens (including phenoxy) is 1. The van der Waals surface area contributed by atoms with Crippen molar-refractivity contribution in [1.29, 1.82) is 0 Å². The molecule has 1 aliphatic heterocycles. The van der Waals surface area contributed by atoms with Gasteiger partial charge < -0.3 is 9.64 Å². The maximum Gasteiger partial charge on any atom is 0.410 e. The monoisotopic (exact) mass is 375 g/mol. The van der Waals surface area contributed by atoms with E-state index in [1.54, 1.807) is 0 Å². The van der Waals surface area contributed by atoms with E-state index in [1.807, 2.05) is 23.1 Å². The molecule has 4 rings (SSSR count). The molecule has 28 heavy (non-hydrogen) atoms. The van der Waals surface area contributed by atoms with E-state index < -0.39 is 0 Å². The highest BCUT2D eigenvalue weighted by atomic mass is 16.6. The molecule has 3 nitrogen and oxygen atoms in total. The minimum Gasteiger partial charge on any atom is -0.439 e. The molecular weight excluding hydrogens is 346 g/mol. The Hall–Kier alpha value is -2.55. The molecular formula is C25H29NO2. The van der Waals surface area contributed by atoms with Crippen molar-refractivity contribution >= 4 is 6.09 Å². The number of allylic oxidation sites excluding steroid dienone is 1. The van der Waals surface area contributed by atoms with Gasteiger partial charge in [-0.15, -0.1) is 0 Å². The van der Waals surface area contributed by atoms with Crippen LogP contribution in [0.3, 0.4) is 0 Å². The molecule has 1 amide bonds. The number of benzene rings is 2. The van der Waals surface area contributed by atoms with Crippen molar-refractivity contribution in [1.82, 2.24) is 4.90 Å². The Kier molecular flexibility index (Phi) is 5.25. The van der Waals surface area contributed by atoms with E-state index >= 15 is 0 Å². The van der Waals surface area contributed by atoms with Gasteiger partial charge in [-0.2, -0.15) is 0 Å². The van der Waals surface area contributed by atoms with Gasteiger partial charge >= 0.3 is 6.09 Å². The lowest BCUT2D eigenvalue weighted by Crippen LogP contribution is -2.41. The molecule has 2 aromatic carbocycles. The lowest BCUT2D eigenvalue weighted by atomic mass is 9.76. The van der Waals surface area contributed by atoms with Crippen LogP contribution in [0.4, 0.5) is 4.79 Å². The van der Waals surface area contributed by atoms with Crippen molar-refractivity contribution in [2.45, 2.75) is 45.3 Å². The first-order valence-electron chi connectivity index (χ1n) is 10.3. The molecule has 3 heteroatoms. The summed E-state index contributed by atoms with van der Waals surface area (Å²) in [6.07, 6.45) is 2.91. The molecule has 146 valence electrons. The van der Waals surface area contributed by atoms with Gasteiger partial charge in [-0.1, -0.05) is 73.7 Å². The van der Waals surface area contributed by atoms with E-state index in [0.717, 1.165) is 24.8 Å². The summed E-state index contributed by atoms with van der Waals surface area (Å²) in [7, 11) is 0. The normalized spacial score (nSPS) is 26.2. The van der Waals surface area contributed by atoms with Crippen LogP contribution in [0.1, 0.15) is 44.8 Å². The van der Waals surface area contributed by atoms with Gasteiger partial charge in [0.05, 0.1) is 6.54 Å². The highest BCUT2D eigenvalue weighted by Gasteiger charge is 2.39. The van der Waals surface area contributed by atoms with Crippen LogP contribution in [0.5, 0.6) is 0 Å². The van der Waals surface area contributed by atoms with Crippen molar-refractivity contribution in [3.05, 3.63) is 72.3 Å². The summed E-state index contributed by atoms with van der Waals surface area (Å²) < 4.78 is 5.74. The summed E-state index contributed by atoms with van der Waals surface area (Å²) in [6.45, 7) is 9.28. The van der Waals surface area contributed by atoms with E-state index in [0.29, 0.717) is 18.4 Å². The van der Waals surface area contributed by atoms with Crippen molar-refractivity contribution < 1.29 is 9.53 Å². The van der Waals surface area contributed by atoms with Crippen LogP contribution < -0.4 is 0 Å². The number of carbonyl (C=O) groups is 1. The molecule has 1 aliphatic carbocycles. The average molecular weight is 376 g/mol. The maximum absolute atomic E-state index is 12.6. The fourth-order valence-corrected chi connectivity index (χ4v) is 4.76. The van der Waals surface area contributed by atoms with E-state index in [1.165, 1.54) is 16.7 Å². The molecule has 2 aliphatic rings. The standard InChI is InChI=1S/C25H29NO2/c1-17-13-18(2)15-23(14-17)19(3)26-16-24(28-25(26)27)22-11-9-21(10-12-22)20-7-5-4-6-8-20/h4-12,18-19,23-24H,1,13-16H2,2-3H3. The Balaban J connectivity index is 1.45. The largest absolute Gasteiger partial charge is 0.439 e. The fraction of sp³-hybridized carbons (Fsp3) is 0.400. The summed E-state index contributed by atoms with van der Waals surface area (Å²) >= 11 is 0. The minimum absolute atomic E-state index is 0.181. The first-order valence-corrected chi connectivity index (χ1v) is 10.3. The van der Waals surface area contributed by atoms with Crippen molar-refractivity contribution in [3.8, 4) is 11.1 Å². The Morgan fingerprint density at radius 2 is 1.71 bits per heavy atom.